The fourth-order valence-corrected chi connectivity index (χ4v) is 2.12. The van der Waals surface area contributed by atoms with Crippen molar-refractivity contribution >= 4 is 11.0 Å². The van der Waals surface area contributed by atoms with Crippen molar-refractivity contribution in [2.75, 3.05) is 6.54 Å². The molecule has 0 fully saturated rings. The number of benzene rings is 1. The first-order chi connectivity index (χ1) is 9.40. The van der Waals surface area contributed by atoms with E-state index in [1.807, 2.05) is 0 Å². The number of alkyl halides is 3. The quantitative estimate of drug-likeness (QED) is 0.816. The van der Waals surface area contributed by atoms with Crippen LogP contribution in [-0.2, 0) is 0 Å². The van der Waals surface area contributed by atoms with Crippen LogP contribution in [0.1, 0.15) is 31.6 Å². The average Bonchev–Trinajstić information content (AvgIpc) is 2.78. The number of hydrogen-bond acceptors (Lipinski definition) is 2. The van der Waals surface area contributed by atoms with Gasteiger partial charge in [0.2, 0.25) is 0 Å². The summed E-state index contributed by atoms with van der Waals surface area (Å²) in [6.07, 6.45) is -5.27. The topological polar surface area (TPSA) is 25.2 Å². The molecule has 0 aliphatic carbocycles. The van der Waals surface area contributed by atoms with E-state index in [2.05, 4.69) is 5.32 Å². The number of nitrogens with one attached hydrogen (secondary N) is 1. The van der Waals surface area contributed by atoms with Gasteiger partial charge in [-0.25, -0.2) is 4.39 Å². The van der Waals surface area contributed by atoms with Crippen LogP contribution in [0.25, 0.3) is 11.0 Å². The third-order valence-corrected chi connectivity index (χ3v) is 3.03. The van der Waals surface area contributed by atoms with Crippen molar-refractivity contribution in [1.82, 2.24) is 5.32 Å². The zero-order chi connectivity index (χ0) is 14.8. The summed E-state index contributed by atoms with van der Waals surface area (Å²) in [5.74, 6) is -0.184. The molecule has 0 spiro atoms. The van der Waals surface area contributed by atoms with Crippen molar-refractivity contribution in [2.24, 2.45) is 0 Å². The summed E-state index contributed by atoms with van der Waals surface area (Å²) < 4.78 is 55.9. The Balaban J connectivity index is 2.24. The van der Waals surface area contributed by atoms with Gasteiger partial charge in [0.25, 0.3) is 0 Å². The molecule has 0 bridgehead atoms. The second kappa shape index (κ2) is 5.83. The van der Waals surface area contributed by atoms with E-state index >= 15 is 0 Å². The molecule has 0 aliphatic rings. The second-order valence-electron chi connectivity index (χ2n) is 4.57. The highest BCUT2D eigenvalue weighted by Crippen LogP contribution is 2.31. The van der Waals surface area contributed by atoms with Crippen LogP contribution in [0.4, 0.5) is 17.6 Å². The van der Waals surface area contributed by atoms with Gasteiger partial charge in [-0.05, 0) is 25.1 Å². The number of hydrogen-bond donors (Lipinski definition) is 1. The van der Waals surface area contributed by atoms with Crippen LogP contribution in [0, 0.1) is 5.82 Å². The molecule has 1 unspecified atom stereocenters. The molecule has 1 aromatic heterocycles. The lowest BCUT2D eigenvalue weighted by atomic mass is 10.1. The molecule has 0 aliphatic heterocycles. The van der Waals surface area contributed by atoms with E-state index in [1.54, 1.807) is 19.1 Å². The summed E-state index contributed by atoms with van der Waals surface area (Å²) in [6, 6.07) is 5.47. The Hall–Kier alpha value is -1.56. The Kier molecular flexibility index (Phi) is 4.32. The van der Waals surface area contributed by atoms with Gasteiger partial charge in [-0.15, -0.1) is 0 Å². The van der Waals surface area contributed by atoms with E-state index in [0.29, 0.717) is 17.7 Å². The second-order valence-corrected chi connectivity index (χ2v) is 4.57. The highest BCUT2D eigenvalue weighted by Gasteiger charge is 2.29. The minimum atomic E-state index is -4.22. The lowest BCUT2D eigenvalue weighted by Gasteiger charge is -2.16. The van der Waals surface area contributed by atoms with Gasteiger partial charge in [-0.1, -0.05) is 19.1 Å². The molecule has 2 nitrogen and oxygen atoms in total. The zero-order valence-electron chi connectivity index (χ0n) is 10.9. The van der Waals surface area contributed by atoms with Crippen molar-refractivity contribution in [1.29, 1.82) is 0 Å². The van der Waals surface area contributed by atoms with Gasteiger partial charge in [-0.2, -0.15) is 13.2 Å². The molecule has 1 heterocycles. The number of halogens is 4. The van der Waals surface area contributed by atoms with Crippen molar-refractivity contribution in [3.8, 4) is 0 Å². The molecule has 2 aromatic rings. The van der Waals surface area contributed by atoms with Crippen molar-refractivity contribution in [3.05, 3.63) is 35.8 Å². The molecule has 1 aromatic carbocycles. The zero-order valence-corrected chi connectivity index (χ0v) is 10.9. The molecule has 1 N–H and O–H groups in total. The van der Waals surface area contributed by atoms with E-state index < -0.39 is 24.5 Å². The maximum Gasteiger partial charge on any atom is 0.389 e. The number of rotatable bonds is 5. The van der Waals surface area contributed by atoms with Gasteiger partial charge in [0.05, 0.1) is 6.04 Å². The summed E-state index contributed by atoms with van der Waals surface area (Å²) in [4.78, 5) is 0. The number of para-hydroxylation sites is 1. The fourth-order valence-electron chi connectivity index (χ4n) is 2.12. The van der Waals surface area contributed by atoms with Crippen LogP contribution in [0.15, 0.2) is 28.7 Å². The molecule has 20 heavy (non-hydrogen) atoms. The van der Waals surface area contributed by atoms with Crippen LogP contribution >= 0.6 is 0 Å². The van der Waals surface area contributed by atoms with Crippen LogP contribution in [0.3, 0.4) is 0 Å². The van der Waals surface area contributed by atoms with E-state index in [1.165, 1.54) is 12.1 Å². The van der Waals surface area contributed by atoms with Gasteiger partial charge in [-0.3, -0.25) is 0 Å². The normalized spacial score (nSPS) is 13.8. The molecule has 0 saturated carbocycles. The highest BCUT2D eigenvalue weighted by molar-refractivity contribution is 5.78. The largest absolute Gasteiger partial charge is 0.456 e. The Bertz CT molecular complexity index is 576. The average molecular weight is 289 g/mol. The minimum Gasteiger partial charge on any atom is -0.456 e. The van der Waals surface area contributed by atoms with Crippen LogP contribution in [0.5, 0.6) is 0 Å². The van der Waals surface area contributed by atoms with E-state index in [0.717, 1.165) is 0 Å². The third kappa shape index (κ3) is 3.50. The Morgan fingerprint density at radius 2 is 2.05 bits per heavy atom. The van der Waals surface area contributed by atoms with Gasteiger partial charge >= 0.3 is 6.18 Å². The van der Waals surface area contributed by atoms with Gasteiger partial charge in [0.1, 0.15) is 5.76 Å². The summed E-state index contributed by atoms with van der Waals surface area (Å²) >= 11 is 0. The van der Waals surface area contributed by atoms with Crippen LogP contribution in [-0.4, -0.2) is 12.7 Å². The highest BCUT2D eigenvalue weighted by atomic mass is 19.4. The van der Waals surface area contributed by atoms with E-state index in [9.17, 15) is 17.6 Å². The summed E-state index contributed by atoms with van der Waals surface area (Å²) in [6.45, 7) is 2.30. The summed E-state index contributed by atoms with van der Waals surface area (Å²) in [5, 5.41) is 3.49. The smallest absolute Gasteiger partial charge is 0.389 e. The maximum absolute atomic E-state index is 13.5. The van der Waals surface area contributed by atoms with Gasteiger partial charge in [0.15, 0.2) is 11.4 Å². The Morgan fingerprint density at radius 1 is 1.30 bits per heavy atom. The molecule has 6 heteroatoms. The molecule has 0 radical (unpaired) electrons. The van der Waals surface area contributed by atoms with E-state index in [-0.39, 0.29) is 12.0 Å². The van der Waals surface area contributed by atoms with Crippen molar-refractivity contribution in [3.63, 3.8) is 0 Å². The first kappa shape index (κ1) is 14.8. The molecular weight excluding hydrogens is 274 g/mol. The molecular formula is C14H15F4NO. The third-order valence-electron chi connectivity index (χ3n) is 3.03. The van der Waals surface area contributed by atoms with Gasteiger partial charge in [0, 0.05) is 11.8 Å². The Labute approximate surface area is 113 Å². The number of furan rings is 1. The SMILES string of the molecule is CCNC(CCC(F)(F)F)c1cc2cccc(F)c2o1. The predicted octanol–water partition coefficient (Wildman–Crippen LogP) is 4.57. The minimum absolute atomic E-state index is 0.0809. The lowest BCUT2D eigenvalue weighted by Crippen LogP contribution is -2.22. The molecule has 2 rings (SSSR count). The molecule has 0 saturated heterocycles. The first-order valence-corrected chi connectivity index (χ1v) is 6.39. The predicted molar refractivity (Wildman–Crippen MR) is 67.9 cm³/mol. The van der Waals surface area contributed by atoms with Crippen molar-refractivity contribution < 1.29 is 22.0 Å². The van der Waals surface area contributed by atoms with Crippen LogP contribution < -0.4 is 5.32 Å². The summed E-state index contributed by atoms with van der Waals surface area (Å²) in [5.41, 5.74) is 0.0809. The van der Waals surface area contributed by atoms with Gasteiger partial charge < -0.3 is 9.73 Å². The standard InChI is InChI=1S/C14H15F4NO/c1-2-19-11(6-7-14(16,17)18)12-8-9-4-3-5-10(15)13(9)20-12/h3-5,8,11,19H,2,6-7H2,1H3. The van der Waals surface area contributed by atoms with Crippen LogP contribution in [0.2, 0.25) is 0 Å². The molecule has 0 amide bonds. The molecule has 1 atom stereocenters. The maximum atomic E-state index is 13.5. The lowest BCUT2D eigenvalue weighted by molar-refractivity contribution is -0.136. The first-order valence-electron chi connectivity index (χ1n) is 6.39. The van der Waals surface area contributed by atoms with E-state index in [4.69, 9.17) is 4.42 Å². The summed E-state index contributed by atoms with van der Waals surface area (Å²) in [7, 11) is 0. The fraction of sp³-hybridized carbons (Fsp3) is 0.429. The molecule has 110 valence electrons. The monoisotopic (exact) mass is 289 g/mol. The number of fused-ring (bicyclic) bond motifs is 1. The Morgan fingerprint density at radius 3 is 2.65 bits per heavy atom. The van der Waals surface area contributed by atoms with Crippen molar-refractivity contribution in [2.45, 2.75) is 32.0 Å².